The van der Waals surface area contributed by atoms with Gasteiger partial charge in [0.2, 0.25) is 5.91 Å². The first-order valence-corrected chi connectivity index (χ1v) is 5.76. The number of carbonyl (C=O) groups excluding carboxylic acids is 2. The zero-order chi connectivity index (χ0) is 14.4. The van der Waals surface area contributed by atoms with Crippen LogP contribution in [0.15, 0.2) is 18.2 Å². The average Bonchev–Trinajstić information content (AvgIpc) is 2.37. The van der Waals surface area contributed by atoms with Crippen LogP contribution in [0, 0.1) is 0 Å². The maximum atomic E-state index is 11.5. The van der Waals surface area contributed by atoms with Gasteiger partial charge in [0.25, 0.3) is 0 Å². The van der Waals surface area contributed by atoms with E-state index < -0.39 is 5.97 Å². The van der Waals surface area contributed by atoms with Crippen LogP contribution >= 0.6 is 0 Å². The van der Waals surface area contributed by atoms with E-state index in [1.54, 1.807) is 20.2 Å². The van der Waals surface area contributed by atoms with Crippen LogP contribution in [-0.2, 0) is 9.53 Å². The van der Waals surface area contributed by atoms with Crippen molar-refractivity contribution in [3.05, 3.63) is 23.8 Å². The number of rotatable bonds is 5. The van der Waals surface area contributed by atoms with Crippen molar-refractivity contribution in [2.75, 3.05) is 33.5 Å². The van der Waals surface area contributed by atoms with Crippen molar-refractivity contribution in [2.45, 2.75) is 6.42 Å². The molecule has 104 valence electrons. The highest BCUT2D eigenvalue weighted by Crippen LogP contribution is 2.22. The Balaban J connectivity index is 2.74. The average molecular weight is 266 g/mol. The molecular weight excluding hydrogens is 248 g/mol. The molecule has 1 rings (SSSR count). The van der Waals surface area contributed by atoms with E-state index in [1.165, 1.54) is 24.1 Å². The number of carbonyl (C=O) groups is 2. The summed E-state index contributed by atoms with van der Waals surface area (Å²) in [5, 5.41) is 0. The van der Waals surface area contributed by atoms with Crippen molar-refractivity contribution in [3.63, 3.8) is 0 Å². The summed E-state index contributed by atoms with van der Waals surface area (Å²) in [6.07, 6.45) is 0.225. The first kappa shape index (κ1) is 14.8. The molecule has 1 amide bonds. The van der Waals surface area contributed by atoms with Gasteiger partial charge in [-0.05, 0) is 12.1 Å². The molecule has 19 heavy (non-hydrogen) atoms. The molecule has 0 unspecified atom stereocenters. The second-order valence-corrected chi connectivity index (χ2v) is 4.13. The van der Waals surface area contributed by atoms with Crippen LogP contribution in [0.2, 0.25) is 0 Å². The Morgan fingerprint density at radius 1 is 1.32 bits per heavy atom. The number of benzene rings is 1. The fourth-order valence-corrected chi connectivity index (χ4v) is 1.41. The topological polar surface area (TPSA) is 81.9 Å². The summed E-state index contributed by atoms with van der Waals surface area (Å²) in [6, 6.07) is 4.65. The molecule has 0 aliphatic heterocycles. The first-order chi connectivity index (χ1) is 8.95. The van der Waals surface area contributed by atoms with Crippen molar-refractivity contribution < 1.29 is 19.1 Å². The van der Waals surface area contributed by atoms with Gasteiger partial charge >= 0.3 is 5.97 Å². The van der Waals surface area contributed by atoms with Gasteiger partial charge in [-0.25, -0.2) is 4.79 Å². The van der Waals surface area contributed by atoms with E-state index in [0.717, 1.165) is 0 Å². The third-order valence-corrected chi connectivity index (χ3v) is 2.48. The monoisotopic (exact) mass is 266 g/mol. The quantitative estimate of drug-likeness (QED) is 0.633. The Hall–Kier alpha value is -2.24. The number of nitrogens with zero attached hydrogens (tertiary/aromatic N) is 1. The van der Waals surface area contributed by atoms with Gasteiger partial charge in [-0.2, -0.15) is 0 Å². The predicted octanol–water partition coefficient (Wildman–Crippen LogP) is 0.912. The molecule has 0 fully saturated rings. The number of amides is 1. The van der Waals surface area contributed by atoms with E-state index in [1.807, 2.05) is 0 Å². The molecular formula is C13H18N2O4. The lowest BCUT2D eigenvalue weighted by Crippen LogP contribution is -2.23. The third-order valence-electron chi connectivity index (χ3n) is 2.48. The van der Waals surface area contributed by atoms with Crippen LogP contribution in [0.5, 0.6) is 5.75 Å². The molecule has 0 aliphatic rings. The van der Waals surface area contributed by atoms with Gasteiger partial charge in [0.1, 0.15) is 11.3 Å². The Morgan fingerprint density at radius 2 is 2.00 bits per heavy atom. The molecule has 0 saturated heterocycles. The molecule has 0 heterocycles. The minimum absolute atomic E-state index is 0.0523. The lowest BCUT2D eigenvalue weighted by Gasteiger charge is -2.13. The molecule has 1 aromatic carbocycles. The molecule has 1 aromatic rings. The summed E-state index contributed by atoms with van der Waals surface area (Å²) in [5.41, 5.74) is 6.40. The summed E-state index contributed by atoms with van der Waals surface area (Å²) in [4.78, 5) is 24.4. The van der Waals surface area contributed by atoms with Gasteiger partial charge in [-0.15, -0.1) is 0 Å². The van der Waals surface area contributed by atoms with Gasteiger partial charge in [-0.3, -0.25) is 4.79 Å². The largest absolute Gasteiger partial charge is 0.492 e. The number of ether oxygens (including phenoxy) is 2. The molecule has 0 saturated carbocycles. The summed E-state index contributed by atoms with van der Waals surface area (Å²) in [6.45, 7) is 0.171. The molecule has 0 atom stereocenters. The molecule has 0 aromatic heterocycles. The molecule has 0 bridgehead atoms. The Kier molecular flexibility index (Phi) is 5.17. The maximum Gasteiger partial charge on any atom is 0.341 e. The maximum absolute atomic E-state index is 11.5. The van der Waals surface area contributed by atoms with E-state index >= 15 is 0 Å². The molecule has 2 N–H and O–H groups in total. The van der Waals surface area contributed by atoms with Crippen molar-refractivity contribution >= 4 is 17.6 Å². The van der Waals surface area contributed by atoms with E-state index in [4.69, 9.17) is 10.5 Å². The Labute approximate surface area is 112 Å². The fraction of sp³-hybridized carbons (Fsp3) is 0.385. The molecule has 0 aliphatic carbocycles. The van der Waals surface area contributed by atoms with Crippen molar-refractivity contribution in [3.8, 4) is 5.75 Å². The lowest BCUT2D eigenvalue weighted by molar-refractivity contribution is -0.129. The Bertz CT molecular complexity index is 472. The Morgan fingerprint density at radius 3 is 2.58 bits per heavy atom. The standard InChI is InChI=1S/C13H18N2O4/c1-15(2)12(16)6-7-19-11-8-9(14)4-5-10(11)13(17)18-3/h4-5,8H,6-7,14H2,1-3H3. The highest BCUT2D eigenvalue weighted by Gasteiger charge is 2.14. The lowest BCUT2D eigenvalue weighted by atomic mass is 10.2. The SMILES string of the molecule is COC(=O)c1ccc(N)cc1OCCC(=O)N(C)C. The molecule has 6 nitrogen and oxygen atoms in total. The van der Waals surface area contributed by atoms with Crippen molar-refractivity contribution in [2.24, 2.45) is 0 Å². The molecule has 0 spiro atoms. The van der Waals surface area contributed by atoms with Crippen LogP contribution in [0.25, 0.3) is 0 Å². The number of nitrogen functional groups attached to an aromatic ring is 1. The second-order valence-electron chi connectivity index (χ2n) is 4.13. The van der Waals surface area contributed by atoms with Gasteiger partial charge < -0.3 is 20.1 Å². The van der Waals surface area contributed by atoms with Gasteiger partial charge in [0.05, 0.1) is 20.1 Å². The zero-order valence-electron chi connectivity index (χ0n) is 11.3. The number of anilines is 1. The van der Waals surface area contributed by atoms with Crippen LogP contribution in [0.3, 0.4) is 0 Å². The second kappa shape index (κ2) is 6.63. The van der Waals surface area contributed by atoms with E-state index in [0.29, 0.717) is 11.4 Å². The summed E-state index contributed by atoms with van der Waals surface area (Å²) in [7, 11) is 4.63. The third kappa shape index (κ3) is 4.17. The summed E-state index contributed by atoms with van der Waals surface area (Å²) < 4.78 is 10.1. The molecule has 6 heteroatoms. The smallest absolute Gasteiger partial charge is 0.341 e. The van der Waals surface area contributed by atoms with E-state index in [9.17, 15) is 9.59 Å². The minimum atomic E-state index is -0.506. The van der Waals surface area contributed by atoms with Gasteiger partial charge in [0, 0.05) is 25.8 Å². The van der Waals surface area contributed by atoms with Crippen LogP contribution < -0.4 is 10.5 Å². The fourth-order valence-electron chi connectivity index (χ4n) is 1.41. The molecule has 0 radical (unpaired) electrons. The van der Waals surface area contributed by atoms with E-state index in [2.05, 4.69) is 4.74 Å². The highest BCUT2D eigenvalue weighted by atomic mass is 16.5. The number of nitrogens with two attached hydrogens (primary N) is 1. The van der Waals surface area contributed by atoms with Crippen molar-refractivity contribution in [1.82, 2.24) is 4.90 Å². The zero-order valence-corrected chi connectivity index (χ0v) is 11.3. The van der Waals surface area contributed by atoms with E-state index in [-0.39, 0.29) is 24.5 Å². The normalized spacial score (nSPS) is 9.84. The number of methoxy groups -OCH3 is 1. The minimum Gasteiger partial charge on any atom is -0.492 e. The van der Waals surface area contributed by atoms with Crippen LogP contribution in [0.4, 0.5) is 5.69 Å². The number of hydrogen-bond donors (Lipinski definition) is 1. The summed E-state index contributed by atoms with van der Waals surface area (Å²) in [5.74, 6) is -0.240. The highest BCUT2D eigenvalue weighted by molar-refractivity contribution is 5.93. The van der Waals surface area contributed by atoms with Crippen molar-refractivity contribution in [1.29, 1.82) is 0 Å². The predicted molar refractivity (Wildman–Crippen MR) is 71.0 cm³/mol. The number of hydrogen-bond acceptors (Lipinski definition) is 5. The van der Waals surface area contributed by atoms with Gasteiger partial charge in [0.15, 0.2) is 0 Å². The first-order valence-electron chi connectivity index (χ1n) is 5.76. The summed E-state index contributed by atoms with van der Waals surface area (Å²) >= 11 is 0. The van der Waals surface area contributed by atoms with Crippen LogP contribution in [-0.4, -0.2) is 44.6 Å². The van der Waals surface area contributed by atoms with Crippen LogP contribution in [0.1, 0.15) is 16.8 Å². The van der Waals surface area contributed by atoms with Gasteiger partial charge in [-0.1, -0.05) is 0 Å². The number of esters is 1.